The number of aromatic nitrogens is 2. The van der Waals surface area contributed by atoms with Gasteiger partial charge in [-0.05, 0) is 42.5 Å². The van der Waals surface area contributed by atoms with Gasteiger partial charge in [-0.3, -0.25) is 4.79 Å². The van der Waals surface area contributed by atoms with Gasteiger partial charge in [0.05, 0.1) is 25.8 Å². The number of ketones is 1. The number of nitrogen functional groups attached to an aromatic ring is 1. The Morgan fingerprint density at radius 1 is 1.16 bits per heavy atom. The third-order valence-corrected chi connectivity index (χ3v) is 5.36. The summed E-state index contributed by atoms with van der Waals surface area (Å²) in [7, 11) is 3.31. The van der Waals surface area contributed by atoms with E-state index in [2.05, 4.69) is 20.2 Å². The van der Waals surface area contributed by atoms with Crippen LogP contribution in [0.1, 0.15) is 27.7 Å². The zero-order chi connectivity index (χ0) is 21.8. The summed E-state index contributed by atoms with van der Waals surface area (Å²) >= 11 is 0. The van der Waals surface area contributed by atoms with Crippen LogP contribution < -0.4 is 25.4 Å². The first-order valence-electron chi connectivity index (χ1n) is 10.0. The molecule has 0 amide bonds. The predicted molar refractivity (Wildman–Crippen MR) is 119 cm³/mol. The molecule has 1 unspecified atom stereocenters. The SMILES string of the molecule is COc1ccc(OC)c(C2CN(c3cccc(C(=O)c4cccnc4N)n3)CCN2)c1. The molecule has 8 heteroatoms. The fourth-order valence-corrected chi connectivity index (χ4v) is 3.75. The van der Waals surface area contributed by atoms with E-state index in [1.165, 1.54) is 0 Å². The van der Waals surface area contributed by atoms with Crippen LogP contribution in [0.5, 0.6) is 11.5 Å². The molecule has 4 rings (SSSR count). The molecule has 0 saturated carbocycles. The number of ether oxygens (including phenoxy) is 2. The molecule has 31 heavy (non-hydrogen) atoms. The van der Waals surface area contributed by atoms with Gasteiger partial charge >= 0.3 is 0 Å². The fourth-order valence-electron chi connectivity index (χ4n) is 3.75. The van der Waals surface area contributed by atoms with E-state index in [0.29, 0.717) is 17.8 Å². The van der Waals surface area contributed by atoms with Gasteiger partial charge < -0.3 is 25.4 Å². The number of nitrogens with two attached hydrogens (primary N) is 1. The standard InChI is InChI=1S/C23H25N5O3/c1-30-15-8-9-20(31-2)17(13-15)19-14-28(12-11-25-19)21-7-3-6-18(27-21)22(29)16-5-4-10-26-23(16)24/h3-10,13,19,25H,11-12,14H2,1-2H3,(H2,24,26). The van der Waals surface area contributed by atoms with Crippen molar-refractivity contribution in [3.05, 3.63) is 71.5 Å². The molecule has 1 saturated heterocycles. The van der Waals surface area contributed by atoms with Gasteiger partial charge in [-0.25, -0.2) is 9.97 Å². The third kappa shape index (κ3) is 4.29. The molecule has 1 atom stereocenters. The fraction of sp³-hybridized carbons (Fsp3) is 0.261. The summed E-state index contributed by atoms with van der Waals surface area (Å²) in [6.45, 7) is 2.20. The Bertz CT molecular complexity index is 1090. The van der Waals surface area contributed by atoms with E-state index in [4.69, 9.17) is 15.2 Å². The van der Waals surface area contributed by atoms with Gasteiger partial charge in [0.1, 0.15) is 28.8 Å². The van der Waals surface area contributed by atoms with Crippen molar-refractivity contribution < 1.29 is 14.3 Å². The molecule has 1 aliphatic rings. The highest BCUT2D eigenvalue weighted by Crippen LogP contribution is 2.32. The largest absolute Gasteiger partial charge is 0.497 e. The van der Waals surface area contributed by atoms with Gasteiger partial charge in [0.15, 0.2) is 0 Å². The summed E-state index contributed by atoms with van der Waals surface area (Å²) < 4.78 is 10.9. The zero-order valence-corrected chi connectivity index (χ0v) is 17.5. The van der Waals surface area contributed by atoms with Crippen molar-refractivity contribution in [2.75, 3.05) is 44.5 Å². The second kappa shape index (κ2) is 9.01. The number of hydrogen-bond acceptors (Lipinski definition) is 8. The van der Waals surface area contributed by atoms with Crippen LogP contribution in [0, 0.1) is 0 Å². The summed E-state index contributed by atoms with van der Waals surface area (Å²) in [6, 6.07) is 14.6. The Labute approximate surface area is 181 Å². The number of carbonyl (C=O) groups excluding carboxylic acids is 1. The van der Waals surface area contributed by atoms with Crippen molar-refractivity contribution in [1.82, 2.24) is 15.3 Å². The molecule has 3 heterocycles. The highest BCUT2D eigenvalue weighted by molar-refractivity contribution is 6.10. The maximum absolute atomic E-state index is 12.9. The molecule has 0 radical (unpaired) electrons. The monoisotopic (exact) mass is 419 g/mol. The molecular weight excluding hydrogens is 394 g/mol. The van der Waals surface area contributed by atoms with E-state index in [-0.39, 0.29) is 17.6 Å². The number of benzene rings is 1. The molecule has 1 fully saturated rings. The van der Waals surface area contributed by atoms with E-state index in [0.717, 1.165) is 36.0 Å². The lowest BCUT2D eigenvalue weighted by Crippen LogP contribution is -2.46. The first-order chi connectivity index (χ1) is 15.1. The van der Waals surface area contributed by atoms with Crippen molar-refractivity contribution in [3.8, 4) is 11.5 Å². The van der Waals surface area contributed by atoms with Crippen LogP contribution in [-0.2, 0) is 0 Å². The molecule has 3 aromatic rings. The van der Waals surface area contributed by atoms with Crippen molar-refractivity contribution in [3.63, 3.8) is 0 Å². The maximum Gasteiger partial charge on any atom is 0.215 e. The smallest absolute Gasteiger partial charge is 0.215 e. The number of hydrogen-bond donors (Lipinski definition) is 2. The van der Waals surface area contributed by atoms with Gasteiger partial charge in [-0.1, -0.05) is 6.07 Å². The molecule has 1 aromatic carbocycles. The Hall–Kier alpha value is -3.65. The van der Waals surface area contributed by atoms with Crippen LogP contribution in [0.4, 0.5) is 11.6 Å². The number of rotatable bonds is 6. The topological polar surface area (TPSA) is 103 Å². The van der Waals surface area contributed by atoms with Gasteiger partial charge in [-0.15, -0.1) is 0 Å². The van der Waals surface area contributed by atoms with Crippen molar-refractivity contribution in [2.45, 2.75) is 6.04 Å². The normalized spacial score (nSPS) is 16.1. The molecule has 3 N–H and O–H groups in total. The van der Waals surface area contributed by atoms with Crippen LogP contribution >= 0.6 is 0 Å². The van der Waals surface area contributed by atoms with E-state index in [9.17, 15) is 4.79 Å². The minimum Gasteiger partial charge on any atom is -0.497 e. The number of pyridine rings is 2. The Morgan fingerprint density at radius 2 is 2.03 bits per heavy atom. The second-order valence-corrected chi connectivity index (χ2v) is 7.21. The Morgan fingerprint density at radius 3 is 2.81 bits per heavy atom. The van der Waals surface area contributed by atoms with Gasteiger partial charge in [0.2, 0.25) is 5.78 Å². The molecule has 0 spiro atoms. The zero-order valence-electron chi connectivity index (χ0n) is 17.5. The highest BCUT2D eigenvalue weighted by Gasteiger charge is 2.25. The number of anilines is 2. The Kier molecular flexibility index (Phi) is 5.99. The minimum absolute atomic E-state index is 0.0222. The van der Waals surface area contributed by atoms with E-state index in [1.807, 2.05) is 30.3 Å². The van der Waals surface area contributed by atoms with Crippen LogP contribution in [0.15, 0.2) is 54.7 Å². The second-order valence-electron chi connectivity index (χ2n) is 7.21. The van der Waals surface area contributed by atoms with Gasteiger partial charge in [0, 0.05) is 31.4 Å². The summed E-state index contributed by atoms with van der Waals surface area (Å²) in [6.07, 6.45) is 1.56. The summed E-state index contributed by atoms with van der Waals surface area (Å²) in [4.78, 5) is 23.7. The first kappa shape index (κ1) is 20.6. The predicted octanol–water partition coefficient (Wildman–Crippen LogP) is 2.46. The van der Waals surface area contributed by atoms with E-state index < -0.39 is 0 Å². The maximum atomic E-state index is 12.9. The molecule has 1 aliphatic heterocycles. The molecular formula is C23H25N5O3. The molecule has 0 aliphatic carbocycles. The average molecular weight is 419 g/mol. The highest BCUT2D eigenvalue weighted by atomic mass is 16.5. The number of methoxy groups -OCH3 is 2. The lowest BCUT2D eigenvalue weighted by Gasteiger charge is -2.35. The first-order valence-corrected chi connectivity index (χ1v) is 10.0. The lowest BCUT2D eigenvalue weighted by atomic mass is 10.0. The number of piperazine rings is 1. The summed E-state index contributed by atoms with van der Waals surface area (Å²) in [5.41, 5.74) is 7.58. The van der Waals surface area contributed by atoms with Gasteiger partial charge in [0.25, 0.3) is 0 Å². The number of carbonyl (C=O) groups is 1. The summed E-state index contributed by atoms with van der Waals surface area (Å²) in [5.74, 6) is 2.26. The Balaban J connectivity index is 1.59. The average Bonchev–Trinajstić information content (AvgIpc) is 2.83. The van der Waals surface area contributed by atoms with Crippen molar-refractivity contribution >= 4 is 17.4 Å². The minimum atomic E-state index is -0.242. The van der Waals surface area contributed by atoms with Crippen LogP contribution in [0.3, 0.4) is 0 Å². The van der Waals surface area contributed by atoms with Crippen molar-refractivity contribution in [1.29, 1.82) is 0 Å². The number of nitrogens with zero attached hydrogens (tertiary/aromatic N) is 3. The van der Waals surface area contributed by atoms with Crippen LogP contribution in [0.2, 0.25) is 0 Å². The van der Waals surface area contributed by atoms with Crippen LogP contribution in [0.25, 0.3) is 0 Å². The summed E-state index contributed by atoms with van der Waals surface area (Å²) in [5, 5.41) is 3.54. The van der Waals surface area contributed by atoms with E-state index in [1.54, 1.807) is 38.6 Å². The molecule has 0 bridgehead atoms. The van der Waals surface area contributed by atoms with Gasteiger partial charge in [-0.2, -0.15) is 0 Å². The molecule has 8 nitrogen and oxygen atoms in total. The quantitative estimate of drug-likeness (QED) is 0.588. The van der Waals surface area contributed by atoms with E-state index >= 15 is 0 Å². The lowest BCUT2D eigenvalue weighted by molar-refractivity contribution is 0.103. The molecule has 160 valence electrons. The number of nitrogens with one attached hydrogen (secondary N) is 1. The van der Waals surface area contributed by atoms with Crippen molar-refractivity contribution in [2.24, 2.45) is 0 Å². The molecule has 2 aromatic heterocycles. The third-order valence-electron chi connectivity index (χ3n) is 5.36. The van der Waals surface area contributed by atoms with Crippen LogP contribution in [-0.4, -0.2) is 49.6 Å².